The van der Waals surface area contributed by atoms with E-state index in [1.807, 2.05) is 27.7 Å². The molecule has 1 aliphatic rings. The van der Waals surface area contributed by atoms with Crippen LogP contribution < -0.4 is 16.4 Å². The van der Waals surface area contributed by atoms with Crippen LogP contribution >= 0.6 is 0 Å². The molecule has 152 valence electrons. The van der Waals surface area contributed by atoms with E-state index in [4.69, 9.17) is 5.73 Å². The molecular weight excluding hydrogens is 358 g/mol. The van der Waals surface area contributed by atoms with E-state index in [-0.39, 0.29) is 17.5 Å². The number of amides is 2. The van der Waals surface area contributed by atoms with E-state index in [0.29, 0.717) is 29.7 Å². The molecule has 28 heavy (non-hydrogen) atoms. The number of nitrogens with zero attached hydrogens (tertiary/aromatic N) is 2. The zero-order valence-electron chi connectivity index (χ0n) is 16.9. The van der Waals surface area contributed by atoms with Gasteiger partial charge in [0.1, 0.15) is 0 Å². The van der Waals surface area contributed by atoms with Crippen LogP contribution in [-0.2, 0) is 4.79 Å². The molecule has 2 heterocycles. The molecule has 0 spiro atoms. The SMILES string of the molecule is CCCC(=O)Nc1cc2c(N[C@@H]3CC[C@@](C)(O)C3(C)C)c(C(N)=O)cnn2c1. The van der Waals surface area contributed by atoms with Gasteiger partial charge in [-0.25, -0.2) is 4.52 Å². The Labute approximate surface area is 164 Å². The molecule has 0 aliphatic heterocycles. The first-order chi connectivity index (χ1) is 13.1. The fourth-order valence-corrected chi connectivity index (χ4v) is 3.82. The van der Waals surface area contributed by atoms with Gasteiger partial charge in [0.15, 0.2) is 0 Å². The Kier molecular flexibility index (Phi) is 5.10. The maximum Gasteiger partial charge on any atom is 0.252 e. The van der Waals surface area contributed by atoms with Gasteiger partial charge in [-0.2, -0.15) is 5.10 Å². The van der Waals surface area contributed by atoms with Gasteiger partial charge >= 0.3 is 0 Å². The highest BCUT2D eigenvalue weighted by molar-refractivity contribution is 6.02. The van der Waals surface area contributed by atoms with Gasteiger partial charge in [-0.3, -0.25) is 9.59 Å². The summed E-state index contributed by atoms with van der Waals surface area (Å²) in [5.41, 5.74) is 6.44. The first-order valence-electron chi connectivity index (χ1n) is 9.67. The van der Waals surface area contributed by atoms with Gasteiger partial charge in [-0.15, -0.1) is 0 Å². The van der Waals surface area contributed by atoms with E-state index in [1.165, 1.54) is 6.20 Å². The van der Waals surface area contributed by atoms with Crippen molar-refractivity contribution in [2.24, 2.45) is 11.1 Å². The molecule has 0 saturated heterocycles. The first-order valence-corrected chi connectivity index (χ1v) is 9.67. The summed E-state index contributed by atoms with van der Waals surface area (Å²) in [6, 6.07) is 1.72. The Hall–Kier alpha value is -2.61. The third-order valence-electron chi connectivity index (χ3n) is 6.16. The molecule has 2 aromatic heterocycles. The summed E-state index contributed by atoms with van der Waals surface area (Å²) in [4.78, 5) is 23.9. The number of hydrogen-bond acceptors (Lipinski definition) is 5. The number of nitrogens with one attached hydrogen (secondary N) is 2. The molecule has 1 fully saturated rings. The van der Waals surface area contributed by atoms with Crippen molar-refractivity contribution < 1.29 is 14.7 Å². The molecule has 8 heteroatoms. The summed E-state index contributed by atoms with van der Waals surface area (Å²) in [7, 11) is 0. The van der Waals surface area contributed by atoms with E-state index in [2.05, 4.69) is 15.7 Å². The molecular formula is C20H29N5O3. The van der Waals surface area contributed by atoms with E-state index in [9.17, 15) is 14.7 Å². The van der Waals surface area contributed by atoms with Crippen molar-refractivity contribution in [1.29, 1.82) is 0 Å². The van der Waals surface area contributed by atoms with Crippen molar-refractivity contribution in [3.8, 4) is 0 Å². The van der Waals surface area contributed by atoms with Crippen LogP contribution in [0.3, 0.4) is 0 Å². The average molecular weight is 387 g/mol. The second-order valence-electron chi connectivity index (χ2n) is 8.39. The third kappa shape index (κ3) is 3.44. The van der Waals surface area contributed by atoms with E-state index in [1.54, 1.807) is 16.8 Å². The third-order valence-corrected chi connectivity index (χ3v) is 6.16. The highest BCUT2D eigenvalue weighted by atomic mass is 16.3. The topological polar surface area (TPSA) is 122 Å². The maximum atomic E-state index is 12.0. The number of carbonyl (C=O) groups excluding carboxylic acids is 2. The quantitative estimate of drug-likeness (QED) is 0.607. The van der Waals surface area contributed by atoms with Gasteiger partial charge in [0.25, 0.3) is 5.91 Å². The molecule has 3 rings (SSSR count). The Morgan fingerprint density at radius 3 is 2.68 bits per heavy atom. The van der Waals surface area contributed by atoms with Gasteiger partial charge in [-0.05, 0) is 32.3 Å². The first kappa shape index (κ1) is 20.1. The van der Waals surface area contributed by atoms with Gasteiger partial charge in [0.05, 0.1) is 40.4 Å². The van der Waals surface area contributed by atoms with E-state index < -0.39 is 16.9 Å². The highest BCUT2D eigenvalue weighted by Gasteiger charge is 2.50. The standard InChI is InChI=1S/C20H29N5O3/c1-5-6-16(26)23-12-9-14-17(13(18(21)27)10-22-25(14)11-12)24-15-7-8-20(4,28)19(15,2)3/h9-11,15,24,28H,5-8H2,1-4H3,(H2,21,27)(H,23,26)/t15-,20-/m1/s1. The fourth-order valence-electron chi connectivity index (χ4n) is 3.82. The molecule has 1 saturated carbocycles. The summed E-state index contributed by atoms with van der Waals surface area (Å²) in [5, 5.41) is 21.3. The summed E-state index contributed by atoms with van der Waals surface area (Å²) < 4.78 is 1.61. The molecule has 5 N–H and O–H groups in total. The molecule has 0 bridgehead atoms. The normalized spacial score (nSPS) is 23.7. The summed E-state index contributed by atoms with van der Waals surface area (Å²) in [6.45, 7) is 7.80. The molecule has 2 aromatic rings. The van der Waals surface area contributed by atoms with E-state index in [0.717, 1.165) is 12.8 Å². The van der Waals surface area contributed by atoms with Gasteiger partial charge in [0.2, 0.25) is 5.91 Å². The van der Waals surface area contributed by atoms with Crippen LogP contribution in [0, 0.1) is 5.41 Å². The summed E-state index contributed by atoms with van der Waals surface area (Å²) in [6.07, 6.45) is 5.73. The molecule has 0 aromatic carbocycles. The van der Waals surface area contributed by atoms with Crippen LogP contribution in [0.2, 0.25) is 0 Å². The number of rotatable bonds is 6. The summed E-state index contributed by atoms with van der Waals surface area (Å²) >= 11 is 0. The minimum Gasteiger partial charge on any atom is -0.390 e. The summed E-state index contributed by atoms with van der Waals surface area (Å²) in [5.74, 6) is -0.658. The Bertz CT molecular complexity index is 916. The van der Waals surface area contributed by atoms with Crippen molar-refractivity contribution in [3.63, 3.8) is 0 Å². The predicted octanol–water partition coefficient (Wildman–Crippen LogP) is 2.52. The Morgan fingerprint density at radius 2 is 2.11 bits per heavy atom. The van der Waals surface area contributed by atoms with Gasteiger partial charge < -0.3 is 21.5 Å². The molecule has 2 amide bonds. The van der Waals surface area contributed by atoms with Crippen molar-refractivity contribution >= 4 is 28.7 Å². The second kappa shape index (κ2) is 7.09. The minimum absolute atomic E-state index is 0.0557. The van der Waals surface area contributed by atoms with E-state index >= 15 is 0 Å². The Morgan fingerprint density at radius 1 is 1.39 bits per heavy atom. The zero-order chi connectivity index (χ0) is 20.7. The van der Waals surface area contributed by atoms with Crippen LogP contribution in [0.4, 0.5) is 11.4 Å². The van der Waals surface area contributed by atoms with Crippen molar-refractivity contribution in [1.82, 2.24) is 9.61 Å². The minimum atomic E-state index is -0.817. The maximum absolute atomic E-state index is 12.0. The van der Waals surface area contributed by atoms with Crippen LogP contribution in [0.5, 0.6) is 0 Å². The predicted molar refractivity (Wildman–Crippen MR) is 108 cm³/mol. The number of primary amides is 1. The van der Waals surface area contributed by atoms with Crippen molar-refractivity contribution in [3.05, 3.63) is 24.0 Å². The number of aromatic nitrogens is 2. The number of nitrogens with two attached hydrogens (primary N) is 1. The van der Waals surface area contributed by atoms with Gasteiger partial charge in [0, 0.05) is 17.9 Å². The molecule has 0 radical (unpaired) electrons. The number of anilines is 2. The monoisotopic (exact) mass is 387 g/mol. The largest absolute Gasteiger partial charge is 0.390 e. The number of fused-ring (bicyclic) bond motifs is 1. The molecule has 0 unspecified atom stereocenters. The lowest BCUT2D eigenvalue weighted by atomic mass is 9.76. The fraction of sp³-hybridized carbons (Fsp3) is 0.550. The van der Waals surface area contributed by atoms with Gasteiger partial charge in [-0.1, -0.05) is 20.8 Å². The lowest BCUT2D eigenvalue weighted by molar-refractivity contribution is -0.116. The number of aliphatic hydroxyl groups is 1. The molecule has 8 nitrogen and oxygen atoms in total. The lowest BCUT2D eigenvalue weighted by Crippen LogP contribution is -2.45. The van der Waals surface area contributed by atoms with Crippen LogP contribution in [-0.4, -0.2) is 38.2 Å². The van der Waals surface area contributed by atoms with Crippen LogP contribution in [0.25, 0.3) is 5.52 Å². The molecule has 2 atom stereocenters. The lowest BCUT2D eigenvalue weighted by Gasteiger charge is -2.38. The smallest absolute Gasteiger partial charge is 0.252 e. The Balaban J connectivity index is 2.01. The average Bonchev–Trinajstić information content (AvgIpc) is 3.08. The molecule has 1 aliphatic carbocycles. The highest BCUT2D eigenvalue weighted by Crippen LogP contribution is 2.47. The van der Waals surface area contributed by atoms with Crippen LogP contribution in [0.1, 0.15) is 63.7 Å². The number of carbonyl (C=O) groups is 2. The number of hydrogen-bond donors (Lipinski definition) is 4. The van der Waals surface area contributed by atoms with Crippen molar-refractivity contribution in [2.75, 3.05) is 10.6 Å². The zero-order valence-corrected chi connectivity index (χ0v) is 16.9. The van der Waals surface area contributed by atoms with Crippen molar-refractivity contribution in [2.45, 2.75) is 65.0 Å². The van der Waals surface area contributed by atoms with Crippen LogP contribution in [0.15, 0.2) is 18.5 Å². The second-order valence-corrected chi connectivity index (χ2v) is 8.39.